The Bertz CT molecular complexity index is 610. The summed E-state index contributed by atoms with van der Waals surface area (Å²) in [6.45, 7) is 2.75. The molecule has 0 saturated carbocycles. The van der Waals surface area contributed by atoms with Gasteiger partial charge in [-0.25, -0.2) is 0 Å². The maximum absolute atomic E-state index is 12.1. The fourth-order valence-electron chi connectivity index (χ4n) is 2.06. The highest BCUT2D eigenvalue weighted by Gasteiger charge is 2.13. The number of rotatable bonds is 8. The minimum Gasteiger partial charge on any atom is -0.352 e. The van der Waals surface area contributed by atoms with Gasteiger partial charge in [0, 0.05) is 31.6 Å². The Kier molecular flexibility index (Phi) is 7.88. The van der Waals surface area contributed by atoms with Crippen molar-refractivity contribution < 1.29 is 9.59 Å². The molecule has 0 aliphatic heterocycles. The van der Waals surface area contributed by atoms with E-state index >= 15 is 0 Å². The van der Waals surface area contributed by atoms with Crippen molar-refractivity contribution in [2.45, 2.75) is 26.2 Å². The molecule has 0 heterocycles. The Balaban J connectivity index is 2.45. The number of nitrogens with one attached hydrogen (secondary N) is 1. The van der Waals surface area contributed by atoms with Crippen LogP contribution in [0.3, 0.4) is 0 Å². The minimum absolute atomic E-state index is 0.147. The molecule has 23 heavy (non-hydrogen) atoms. The summed E-state index contributed by atoms with van der Waals surface area (Å²) in [5.74, 6) is -0.387. The van der Waals surface area contributed by atoms with Crippen LogP contribution in [0.1, 0.15) is 35.2 Å². The molecule has 1 N–H and O–H groups in total. The molecule has 0 radical (unpaired) electrons. The number of carbonyl (C=O) groups is 2. The number of nitriles is 2. The smallest absolute Gasteiger partial charge is 0.251 e. The molecule has 0 bridgehead atoms. The lowest BCUT2D eigenvalue weighted by Gasteiger charge is -2.20. The molecule has 6 nitrogen and oxygen atoms in total. The third-order valence-electron chi connectivity index (χ3n) is 3.24. The fourth-order valence-corrected chi connectivity index (χ4v) is 2.06. The van der Waals surface area contributed by atoms with Crippen molar-refractivity contribution in [1.82, 2.24) is 10.2 Å². The Morgan fingerprint density at radius 2 is 1.83 bits per heavy atom. The average molecular weight is 312 g/mol. The van der Waals surface area contributed by atoms with Gasteiger partial charge in [0.15, 0.2) is 0 Å². The van der Waals surface area contributed by atoms with E-state index in [1.54, 1.807) is 18.2 Å². The molecule has 6 heteroatoms. The third-order valence-corrected chi connectivity index (χ3v) is 3.24. The van der Waals surface area contributed by atoms with E-state index in [1.165, 1.54) is 4.90 Å². The van der Waals surface area contributed by atoms with Crippen LogP contribution in [-0.2, 0) is 4.79 Å². The van der Waals surface area contributed by atoms with Crippen molar-refractivity contribution in [3.8, 4) is 12.1 Å². The van der Waals surface area contributed by atoms with E-state index in [9.17, 15) is 9.59 Å². The first-order valence-electron chi connectivity index (χ1n) is 7.45. The second-order valence-electron chi connectivity index (χ2n) is 5.07. The number of benzene rings is 1. The molecule has 120 valence electrons. The number of hydrogen-bond acceptors (Lipinski definition) is 4. The highest BCUT2D eigenvalue weighted by molar-refractivity contribution is 5.94. The first-order chi connectivity index (χ1) is 11.1. The van der Waals surface area contributed by atoms with Gasteiger partial charge in [-0.1, -0.05) is 17.7 Å². The molecular formula is C17H20N4O2. The van der Waals surface area contributed by atoms with Crippen LogP contribution < -0.4 is 5.32 Å². The van der Waals surface area contributed by atoms with Crippen molar-refractivity contribution in [3.63, 3.8) is 0 Å². The third kappa shape index (κ3) is 6.62. The van der Waals surface area contributed by atoms with Crippen LogP contribution in [0, 0.1) is 29.6 Å². The Morgan fingerprint density at radius 1 is 1.17 bits per heavy atom. The van der Waals surface area contributed by atoms with E-state index in [4.69, 9.17) is 10.5 Å². The van der Waals surface area contributed by atoms with Crippen LogP contribution in [-0.4, -0.2) is 36.3 Å². The molecule has 0 saturated heterocycles. The zero-order valence-electron chi connectivity index (χ0n) is 13.2. The highest BCUT2D eigenvalue weighted by Crippen LogP contribution is 2.04. The lowest BCUT2D eigenvalue weighted by molar-refractivity contribution is -0.130. The van der Waals surface area contributed by atoms with E-state index in [1.807, 2.05) is 25.1 Å². The Hall–Kier alpha value is -2.86. The monoisotopic (exact) mass is 312 g/mol. The lowest BCUT2D eigenvalue weighted by atomic mass is 10.1. The molecule has 0 fully saturated rings. The van der Waals surface area contributed by atoms with Gasteiger partial charge in [-0.15, -0.1) is 0 Å². The molecule has 0 aromatic heterocycles. The number of carbonyl (C=O) groups excluding carboxylic acids is 2. The molecule has 0 aliphatic rings. The Labute approximate surface area is 136 Å². The van der Waals surface area contributed by atoms with Crippen molar-refractivity contribution >= 4 is 11.8 Å². The molecule has 0 unspecified atom stereocenters. The van der Waals surface area contributed by atoms with E-state index in [0.717, 1.165) is 5.56 Å². The van der Waals surface area contributed by atoms with Crippen molar-refractivity contribution in [1.29, 1.82) is 10.5 Å². The largest absolute Gasteiger partial charge is 0.352 e. The molecule has 1 aromatic carbocycles. The maximum atomic E-state index is 12.1. The van der Waals surface area contributed by atoms with Crippen LogP contribution in [0.15, 0.2) is 24.3 Å². The van der Waals surface area contributed by atoms with E-state index in [0.29, 0.717) is 18.7 Å². The number of amides is 2. The van der Waals surface area contributed by atoms with Gasteiger partial charge < -0.3 is 10.2 Å². The summed E-state index contributed by atoms with van der Waals surface area (Å²) in [7, 11) is 0. The van der Waals surface area contributed by atoms with Crippen LogP contribution in [0.25, 0.3) is 0 Å². The summed E-state index contributed by atoms with van der Waals surface area (Å²) in [4.78, 5) is 25.5. The van der Waals surface area contributed by atoms with Gasteiger partial charge in [0.1, 0.15) is 0 Å². The molecule has 0 atom stereocenters. The molecule has 0 aliphatic carbocycles. The molecular weight excluding hydrogens is 292 g/mol. The fraction of sp³-hybridized carbons (Fsp3) is 0.412. The summed E-state index contributed by atoms with van der Waals surface area (Å²) in [6, 6.07) is 11.2. The summed E-state index contributed by atoms with van der Waals surface area (Å²) < 4.78 is 0. The zero-order chi connectivity index (χ0) is 17.1. The Morgan fingerprint density at radius 3 is 2.39 bits per heavy atom. The summed E-state index contributed by atoms with van der Waals surface area (Å²) >= 11 is 0. The van der Waals surface area contributed by atoms with Crippen molar-refractivity contribution in [2.75, 3.05) is 19.6 Å². The van der Waals surface area contributed by atoms with Gasteiger partial charge in [0.2, 0.25) is 5.91 Å². The van der Waals surface area contributed by atoms with E-state index in [2.05, 4.69) is 5.32 Å². The lowest BCUT2D eigenvalue weighted by Crippen LogP contribution is -2.35. The normalized spacial score (nSPS) is 9.52. The molecule has 1 aromatic rings. The SMILES string of the molecule is Cc1cccc(C(=O)NCCC(=O)N(CCC#N)CCC#N)c1. The van der Waals surface area contributed by atoms with Crippen molar-refractivity contribution in [3.05, 3.63) is 35.4 Å². The van der Waals surface area contributed by atoms with Gasteiger partial charge in [0.05, 0.1) is 25.0 Å². The summed E-state index contributed by atoms with van der Waals surface area (Å²) in [5, 5.41) is 19.9. The van der Waals surface area contributed by atoms with Crippen LogP contribution in [0.4, 0.5) is 0 Å². The number of aryl methyl sites for hydroxylation is 1. The average Bonchev–Trinajstić information content (AvgIpc) is 2.54. The van der Waals surface area contributed by atoms with Gasteiger partial charge in [0.25, 0.3) is 5.91 Å². The first kappa shape index (κ1) is 18.2. The predicted octanol–water partition coefficient (Wildman–Crippen LogP) is 1.77. The number of nitrogens with zero attached hydrogens (tertiary/aromatic N) is 3. The van der Waals surface area contributed by atoms with E-state index in [-0.39, 0.29) is 37.6 Å². The quantitative estimate of drug-likeness (QED) is 0.791. The highest BCUT2D eigenvalue weighted by atomic mass is 16.2. The van der Waals surface area contributed by atoms with Crippen molar-refractivity contribution in [2.24, 2.45) is 0 Å². The van der Waals surface area contributed by atoms with Gasteiger partial charge >= 0.3 is 0 Å². The predicted molar refractivity (Wildman–Crippen MR) is 85.2 cm³/mol. The molecule has 0 spiro atoms. The minimum atomic E-state index is -0.220. The summed E-state index contributed by atoms with van der Waals surface area (Å²) in [6.07, 6.45) is 0.605. The second kappa shape index (κ2) is 9.97. The van der Waals surface area contributed by atoms with E-state index < -0.39 is 0 Å². The topological polar surface area (TPSA) is 97.0 Å². The van der Waals surface area contributed by atoms with Crippen LogP contribution in [0.2, 0.25) is 0 Å². The zero-order valence-corrected chi connectivity index (χ0v) is 13.2. The molecule has 2 amide bonds. The van der Waals surface area contributed by atoms with Gasteiger partial charge in [-0.2, -0.15) is 10.5 Å². The van der Waals surface area contributed by atoms with Crippen LogP contribution in [0.5, 0.6) is 0 Å². The second-order valence-corrected chi connectivity index (χ2v) is 5.07. The molecule has 1 rings (SSSR count). The standard InChI is InChI=1S/C17H20N4O2/c1-14-5-2-6-15(13-14)17(23)20-10-7-16(22)21(11-3-8-18)12-4-9-19/h2,5-6,13H,3-4,7,10-12H2,1H3,(H,20,23). The summed E-state index contributed by atoms with van der Waals surface area (Å²) in [5.41, 5.74) is 1.55. The maximum Gasteiger partial charge on any atom is 0.251 e. The van der Waals surface area contributed by atoms with Gasteiger partial charge in [-0.3, -0.25) is 9.59 Å². The number of hydrogen-bond donors (Lipinski definition) is 1. The first-order valence-corrected chi connectivity index (χ1v) is 7.45. The van der Waals surface area contributed by atoms with Crippen LogP contribution >= 0.6 is 0 Å². The van der Waals surface area contributed by atoms with Gasteiger partial charge in [-0.05, 0) is 19.1 Å².